The van der Waals surface area contributed by atoms with Crippen molar-refractivity contribution < 1.29 is 44.2 Å². The molecule has 0 aliphatic carbocycles. The molecule has 0 bridgehead atoms. The van der Waals surface area contributed by atoms with Crippen LogP contribution in [0.1, 0.15) is 16.7 Å². The number of carbonyl (C=O) groups is 2. The largest absolute Gasteiger partial charge is 0.493 e. The summed E-state index contributed by atoms with van der Waals surface area (Å²) in [6.45, 7) is 3.25. The van der Waals surface area contributed by atoms with E-state index in [9.17, 15) is 0 Å². The van der Waals surface area contributed by atoms with Crippen molar-refractivity contribution in [3.63, 3.8) is 0 Å². The smallest absolute Gasteiger partial charge is 0.414 e. The Kier molecular flexibility index (Phi) is 15.6. The Labute approximate surface area is 243 Å². The molecule has 12 heteroatoms. The Bertz CT molecular complexity index is 1270. The zero-order chi connectivity index (χ0) is 30.0. The summed E-state index contributed by atoms with van der Waals surface area (Å²) in [5, 5.41) is 32.7. The van der Waals surface area contributed by atoms with Gasteiger partial charge >= 0.3 is 11.9 Å². The normalized spacial score (nSPS) is 9.64. The van der Waals surface area contributed by atoms with Crippen LogP contribution in [-0.2, 0) is 16.0 Å². The maximum atomic E-state index is 9.10. The van der Waals surface area contributed by atoms with E-state index < -0.39 is 11.9 Å². The fourth-order valence-corrected chi connectivity index (χ4v) is 3.50. The minimum atomic E-state index is -1.82. The molecule has 0 fully saturated rings. The average Bonchev–Trinajstić information content (AvgIpc) is 3.00. The minimum absolute atomic E-state index is 0. The fraction of sp³-hybridized carbons (Fsp3) is 0.267. The molecule has 0 saturated heterocycles. The number of methoxy groups -OCH3 is 2. The van der Waals surface area contributed by atoms with E-state index in [-0.39, 0.29) is 5.48 Å². The van der Waals surface area contributed by atoms with E-state index in [4.69, 9.17) is 49.3 Å². The van der Waals surface area contributed by atoms with Crippen LogP contribution in [0.4, 0.5) is 0 Å². The van der Waals surface area contributed by atoms with Crippen molar-refractivity contribution in [1.29, 1.82) is 10.5 Å². The minimum Gasteiger partial charge on any atom is -0.493 e. The van der Waals surface area contributed by atoms with Crippen LogP contribution in [-0.4, -0.2) is 79.6 Å². The highest BCUT2D eigenvalue weighted by Crippen LogP contribution is 2.27. The van der Waals surface area contributed by atoms with Gasteiger partial charge in [0.05, 0.1) is 37.5 Å². The third-order valence-corrected chi connectivity index (χ3v) is 5.67. The number of carboxylic acid groups (broad SMARTS) is 2. The monoisotopic (exact) mass is 579 g/mol. The van der Waals surface area contributed by atoms with Crippen LogP contribution < -0.4 is 18.9 Å². The summed E-state index contributed by atoms with van der Waals surface area (Å²) in [5.74, 6) is -0.759. The van der Waals surface area contributed by atoms with E-state index in [0.717, 1.165) is 30.0 Å². The van der Waals surface area contributed by atoms with Crippen LogP contribution in [0.15, 0.2) is 66.7 Å². The Morgan fingerprint density at radius 3 is 1.55 bits per heavy atom. The zero-order valence-electron chi connectivity index (χ0n) is 23.3. The fourth-order valence-electron chi connectivity index (χ4n) is 3.50. The van der Waals surface area contributed by atoms with Crippen molar-refractivity contribution in [2.75, 3.05) is 47.1 Å². The van der Waals surface area contributed by atoms with Crippen LogP contribution in [0, 0.1) is 22.7 Å². The van der Waals surface area contributed by atoms with Crippen molar-refractivity contribution >= 4 is 11.9 Å². The maximum Gasteiger partial charge on any atom is 0.414 e. The molecular formula is C30H33N3O9. The van der Waals surface area contributed by atoms with E-state index in [1.165, 1.54) is 0 Å². The summed E-state index contributed by atoms with van der Waals surface area (Å²) < 4.78 is 22.5. The van der Waals surface area contributed by atoms with Crippen molar-refractivity contribution in [3.05, 3.63) is 83.4 Å². The molecule has 3 aromatic carbocycles. The van der Waals surface area contributed by atoms with Gasteiger partial charge in [-0.3, -0.25) is 4.90 Å². The lowest BCUT2D eigenvalue weighted by Crippen LogP contribution is -2.34. The van der Waals surface area contributed by atoms with Gasteiger partial charge in [-0.25, -0.2) is 9.59 Å². The average molecular weight is 580 g/mol. The van der Waals surface area contributed by atoms with Gasteiger partial charge < -0.3 is 34.6 Å². The summed E-state index contributed by atoms with van der Waals surface area (Å²) in [6.07, 6.45) is 0.827. The molecule has 3 aromatic rings. The van der Waals surface area contributed by atoms with Gasteiger partial charge in [0.2, 0.25) is 0 Å². The lowest BCUT2D eigenvalue weighted by Gasteiger charge is -2.23. The Morgan fingerprint density at radius 2 is 1.17 bits per heavy atom. The van der Waals surface area contributed by atoms with Crippen LogP contribution in [0.25, 0.3) is 0 Å². The quantitative estimate of drug-likeness (QED) is 0.283. The number of nitrogens with zero attached hydrogens (tertiary/aromatic N) is 3. The SMILES string of the molecule is COc1ccc(CCN(CCOc2ccc(C#N)cc2)CCOc2ccc(C#N)cc2)cc1OC.O.O=C(O)C(=O)O. The van der Waals surface area contributed by atoms with E-state index in [1.807, 2.05) is 18.2 Å². The molecule has 0 spiro atoms. The Morgan fingerprint density at radius 1 is 0.714 bits per heavy atom. The van der Waals surface area contributed by atoms with Gasteiger partial charge in [-0.05, 0) is 72.6 Å². The molecule has 0 unspecified atom stereocenters. The first-order valence-corrected chi connectivity index (χ1v) is 12.4. The highest BCUT2D eigenvalue weighted by Gasteiger charge is 2.10. The van der Waals surface area contributed by atoms with Crippen molar-refractivity contribution in [3.8, 4) is 35.1 Å². The molecule has 0 saturated carbocycles. The molecule has 222 valence electrons. The number of hydrogen-bond donors (Lipinski definition) is 2. The van der Waals surface area contributed by atoms with Gasteiger partial charge in [0.25, 0.3) is 0 Å². The van der Waals surface area contributed by atoms with Crippen molar-refractivity contribution in [2.24, 2.45) is 0 Å². The second-order valence-corrected chi connectivity index (χ2v) is 8.36. The van der Waals surface area contributed by atoms with Crippen LogP contribution >= 0.6 is 0 Å². The van der Waals surface area contributed by atoms with Crippen LogP contribution in [0.2, 0.25) is 0 Å². The molecule has 3 rings (SSSR count). The molecule has 0 amide bonds. The summed E-state index contributed by atoms with van der Waals surface area (Å²) in [6, 6.07) is 24.4. The second kappa shape index (κ2) is 18.9. The highest BCUT2D eigenvalue weighted by molar-refractivity contribution is 6.27. The van der Waals surface area contributed by atoms with Crippen LogP contribution in [0.5, 0.6) is 23.0 Å². The van der Waals surface area contributed by atoms with Gasteiger partial charge in [-0.15, -0.1) is 0 Å². The number of ether oxygens (including phenoxy) is 4. The number of aliphatic carboxylic acids is 2. The molecule has 42 heavy (non-hydrogen) atoms. The zero-order valence-corrected chi connectivity index (χ0v) is 23.3. The maximum absolute atomic E-state index is 9.10. The molecule has 4 N–H and O–H groups in total. The van der Waals surface area contributed by atoms with Gasteiger partial charge in [-0.2, -0.15) is 10.5 Å². The number of benzene rings is 3. The molecule has 12 nitrogen and oxygen atoms in total. The summed E-state index contributed by atoms with van der Waals surface area (Å²) >= 11 is 0. The molecule has 0 radical (unpaired) electrons. The first-order valence-electron chi connectivity index (χ1n) is 12.4. The first kappa shape index (κ1) is 34.7. The number of carboxylic acids is 2. The molecule has 0 heterocycles. The van der Waals surface area contributed by atoms with E-state index in [0.29, 0.717) is 48.9 Å². The third kappa shape index (κ3) is 12.3. The topological polar surface area (TPSA) is 194 Å². The third-order valence-electron chi connectivity index (χ3n) is 5.67. The molecule has 0 aliphatic rings. The van der Waals surface area contributed by atoms with Crippen molar-refractivity contribution in [2.45, 2.75) is 6.42 Å². The van der Waals surface area contributed by atoms with Crippen LogP contribution in [0.3, 0.4) is 0 Å². The Balaban J connectivity index is 0.00000114. The van der Waals surface area contributed by atoms with Gasteiger partial charge in [0.15, 0.2) is 11.5 Å². The first-order chi connectivity index (χ1) is 19.8. The van der Waals surface area contributed by atoms with Crippen molar-refractivity contribution in [1.82, 2.24) is 4.90 Å². The molecule has 0 aromatic heterocycles. The Hall–Kier alpha value is -5.30. The summed E-state index contributed by atoms with van der Waals surface area (Å²) in [4.78, 5) is 20.5. The molecule has 0 atom stereocenters. The van der Waals surface area contributed by atoms with Gasteiger partial charge in [-0.1, -0.05) is 6.07 Å². The van der Waals surface area contributed by atoms with Gasteiger partial charge in [0.1, 0.15) is 24.7 Å². The number of nitriles is 2. The second-order valence-electron chi connectivity index (χ2n) is 8.36. The summed E-state index contributed by atoms with van der Waals surface area (Å²) in [7, 11) is 3.26. The highest BCUT2D eigenvalue weighted by atomic mass is 16.5. The predicted molar refractivity (Wildman–Crippen MR) is 152 cm³/mol. The standard InChI is InChI=1S/C28H29N3O4.C2H2O4.H2O/c1-32-27-12-7-22(19-28(27)33-2)13-14-31(15-17-34-25-8-3-23(20-29)4-9-25)16-18-35-26-10-5-24(21-30)6-11-26;3-1(4)2(5)6;/h3-12,19H,13-18H2,1-2H3;(H,3,4)(H,5,6);1H2. The predicted octanol–water partition coefficient (Wildman–Crippen LogP) is 2.78. The van der Waals surface area contributed by atoms with Gasteiger partial charge in [0, 0.05) is 19.6 Å². The van der Waals surface area contributed by atoms with E-state index in [1.54, 1.807) is 62.8 Å². The van der Waals surface area contributed by atoms with E-state index >= 15 is 0 Å². The number of rotatable bonds is 13. The summed E-state index contributed by atoms with van der Waals surface area (Å²) in [5.41, 5.74) is 2.36. The molecular weight excluding hydrogens is 546 g/mol. The van der Waals surface area contributed by atoms with E-state index in [2.05, 4.69) is 17.0 Å². The number of hydrogen-bond acceptors (Lipinski definition) is 9. The lowest BCUT2D eigenvalue weighted by atomic mass is 10.1. The molecule has 0 aliphatic heterocycles. The lowest BCUT2D eigenvalue weighted by molar-refractivity contribution is -0.159.